The highest BCUT2D eigenvalue weighted by atomic mass is 15.4. The molecule has 2 fully saturated rings. The van der Waals surface area contributed by atoms with Gasteiger partial charge in [0.05, 0.1) is 5.52 Å². The number of fused-ring (bicyclic) bond motifs is 1. The van der Waals surface area contributed by atoms with Crippen molar-refractivity contribution in [2.75, 3.05) is 19.6 Å². The Hall–Kier alpha value is -2.27. The van der Waals surface area contributed by atoms with Crippen LogP contribution in [0, 0.1) is 12.8 Å². The molecule has 3 atom stereocenters. The summed E-state index contributed by atoms with van der Waals surface area (Å²) < 4.78 is 0. The highest BCUT2D eigenvalue weighted by Gasteiger charge is 2.36. The van der Waals surface area contributed by atoms with Crippen molar-refractivity contribution >= 4 is 10.9 Å². The molecule has 3 aromatic rings. The minimum atomic E-state index is 0.495. The van der Waals surface area contributed by atoms with Crippen LogP contribution in [0.1, 0.15) is 35.4 Å². The number of nitrogens with one attached hydrogen (secondary N) is 2. The predicted molar refractivity (Wildman–Crippen MR) is 119 cm³/mol. The zero-order chi connectivity index (χ0) is 19.6. The van der Waals surface area contributed by atoms with Crippen LogP contribution in [0.3, 0.4) is 0 Å². The fraction of sp³-hybridized carbons (Fsp3) is 0.400. The van der Waals surface area contributed by atoms with E-state index in [1.165, 1.54) is 41.5 Å². The standard InChI is InChI=1S/C25H30N4/c1-18-9-11-19(12-10-18)23-15-27-28-25(23)21-6-4-14-29(17-21)16-20-5-2-8-24-22(20)7-3-13-26-24/h2-3,5,7-13,21,23,25,27-28H,4,6,14-17H2,1H3. The molecule has 0 spiro atoms. The van der Waals surface area contributed by atoms with Crippen LogP contribution in [-0.4, -0.2) is 35.6 Å². The Morgan fingerprint density at radius 1 is 1.07 bits per heavy atom. The summed E-state index contributed by atoms with van der Waals surface area (Å²) in [5.41, 5.74) is 12.3. The Kier molecular flexibility index (Phi) is 5.32. The molecule has 2 N–H and O–H groups in total. The lowest BCUT2D eigenvalue weighted by Gasteiger charge is -2.37. The first kappa shape index (κ1) is 18.7. The molecule has 2 saturated heterocycles. The molecule has 4 heteroatoms. The molecule has 0 radical (unpaired) electrons. The summed E-state index contributed by atoms with van der Waals surface area (Å²) in [5.74, 6) is 1.21. The van der Waals surface area contributed by atoms with E-state index in [-0.39, 0.29) is 0 Å². The summed E-state index contributed by atoms with van der Waals surface area (Å²) in [6.07, 6.45) is 4.45. The summed E-state index contributed by atoms with van der Waals surface area (Å²) in [5, 5.41) is 1.29. The molecule has 0 saturated carbocycles. The minimum absolute atomic E-state index is 0.495. The Labute approximate surface area is 173 Å². The van der Waals surface area contributed by atoms with E-state index in [0.717, 1.165) is 25.2 Å². The van der Waals surface area contributed by atoms with Gasteiger partial charge in [0.1, 0.15) is 0 Å². The first-order chi connectivity index (χ1) is 14.3. The van der Waals surface area contributed by atoms with E-state index >= 15 is 0 Å². The molecular weight excluding hydrogens is 356 g/mol. The smallest absolute Gasteiger partial charge is 0.0705 e. The summed E-state index contributed by atoms with van der Waals surface area (Å²) >= 11 is 0. The fourth-order valence-corrected chi connectivity index (χ4v) is 5.17. The van der Waals surface area contributed by atoms with Crippen LogP contribution in [0.4, 0.5) is 0 Å². The first-order valence-corrected chi connectivity index (χ1v) is 10.9. The molecule has 5 rings (SSSR count). The molecule has 2 aliphatic heterocycles. The number of likely N-dealkylation sites (tertiary alicyclic amines) is 1. The van der Waals surface area contributed by atoms with Gasteiger partial charge in [-0.2, -0.15) is 0 Å². The second-order valence-corrected chi connectivity index (χ2v) is 8.69. The second-order valence-electron chi connectivity index (χ2n) is 8.69. The van der Waals surface area contributed by atoms with Gasteiger partial charge in [0.2, 0.25) is 0 Å². The molecule has 29 heavy (non-hydrogen) atoms. The van der Waals surface area contributed by atoms with Gasteiger partial charge in [0.25, 0.3) is 0 Å². The summed E-state index contributed by atoms with van der Waals surface area (Å²) in [4.78, 5) is 7.17. The monoisotopic (exact) mass is 386 g/mol. The molecule has 3 unspecified atom stereocenters. The third kappa shape index (κ3) is 3.93. The molecule has 3 heterocycles. The molecule has 150 valence electrons. The van der Waals surface area contributed by atoms with E-state index in [0.29, 0.717) is 17.9 Å². The minimum Gasteiger partial charge on any atom is -0.299 e. The molecule has 0 aliphatic carbocycles. The van der Waals surface area contributed by atoms with Crippen LogP contribution in [0.15, 0.2) is 60.8 Å². The maximum Gasteiger partial charge on any atom is 0.0705 e. The molecule has 2 aromatic carbocycles. The van der Waals surface area contributed by atoms with Gasteiger partial charge in [-0.3, -0.25) is 20.7 Å². The SMILES string of the molecule is Cc1ccc(C2CNNC2C2CCCN(Cc3cccc4ncccc34)C2)cc1. The number of benzene rings is 2. The average molecular weight is 387 g/mol. The maximum absolute atomic E-state index is 4.53. The molecule has 0 bridgehead atoms. The number of nitrogens with zero attached hydrogens (tertiary/aromatic N) is 2. The van der Waals surface area contributed by atoms with Gasteiger partial charge in [-0.1, -0.05) is 48.0 Å². The zero-order valence-corrected chi connectivity index (χ0v) is 17.1. The number of pyridine rings is 1. The first-order valence-electron chi connectivity index (χ1n) is 10.9. The summed E-state index contributed by atoms with van der Waals surface area (Å²) in [6.45, 7) is 6.52. The van der Waals surface area contributed by atoms with Gasteiger partial charge in [0.15, 0.2) is 0 Å². The molecule has 1 aromatic heterocycles. The summed E-state index contributed by atoms with van der Waals surface area (Å²) in [6, 6.07) is 20.4. The maximum atomic E-state index is 4.53. The van der Waals surface area contributed by atoms with Crippen molar-refractivity contribution in [2.45, 2.75) is 38.3 Å². The van der Waals surface area contributed by atoms with E-state index in [4.69, 9.17) is 0 Å². The average Bonchev–Trinajstić information content (AvgIpc) is 3.25. The van der Waals surface area contributed by atoms with Crippen LogP contribution >= 0.6 is 0 Å². The second kappa shape index (κ2) is 8.23. The van der Waals surface area contributed by atoms with Gasteiger partial charge in [-0.25, -0.2) is 0 Å². The van der Waals surface area contributed by atoms with Crippen molar-refractivity contribution in [1.82, 2.24) is 20.7 Å². The van der Waals surface area contributed by atoms with E-state index in [1.807, 2.05) is 12.3 Å². The summed E-state index contributed by atoms with van der Waals surface area (Å²) in [7, 11) is 0. The van der Waals surface area contributed by atoms with Crippen molar-refractivity contribution in [3.05, 3.63) is 77.5 Å². The van der Waals surface area contributed by atoms with E-state index in [9.17, 15) is 0 Å². The number of aromatic nitrogens is 1. The van der Waals surface area contributed by atoms with E-state index in [2.05, 4.69) is 76.2 Å². The highest BCUT2D eigenvalue weighted by molar-refractivity contribution is 5.81. The molecule has 0 amide bonds. The quantitative estimate of drug-likeness (QED) is 0.711. The largest absolute Gasteiger partial charge is 0.299 e. The third-order valence-corrected chi connectivity index (χ3v) is 6.71. The number of piperidine rings is 1. The Morgan fingerprint density at radius 2 is 1.97 bits per heavy atom. The topological polar surface area (TPSA) is 40.2 Å². The van der Waals surface area contributed by atoms with Gasteiger partial charge in [0, 0.05) is 43.2 Å². The molecular formula is C25H30N4. The van der Waals surface area contributed by atoms with Crippen molar-refractivity contribution in [1.29, 1.82) is 0 Å². The Balaban J connectivity index is 1.32. The molecule has 2 aliphatic rings. The number of rotatable bonds is 4. The third-order valence-electron chi connectivity index (χ3n) is 6.71. The lowest BCUT2D eigenvalue weighted by atomic mass is 9.81. The highest BCUT2D eigenvalue weighted by Crippen LogP contribution is 2.32. The Morgan fingerprint density at radius 3 is 2.86 bits per heavy atom. The Bertz CT molecular complexity index is 963. The number of hydrazine groups is 1. The van der Waals surface area contributed by atoms with Gasteiger partial charge < -0.3 is 0 Å². The number of aryl methyl sites for hydroxylation is 1. The van der Waals surface area contributed by atoms with Crippen LogP contribution in [-0.2, 0) is 6.54 Å². The predicted octanol–water partition coefficient (Wildman–Crippen LogP) is 4.02. The fourth-order valence-electron chi connectivity index (χ4n) is 5.17. The lowest BCUT2D eigenvalue weighted by Crippen LogP contribution is -2.46. The lowest BCUT2D eigenvalue weighted by molar-refractivity contribution is 0.140. The zero-order valence-electron chi connectivity index (χ0n) is 17.1. The van der Waals surface area contributed by atoms with Gasteiger partial charge in [-0.05, 0) is 55.5 Å². The van der Waals surface area contributed by atoms with Crippen molar-refractivity contribution in [2.24, 2.45) is 5.92 Å². The van der Waals surface area contributed by atoms with E-state index < -0.39 is 0 Å². The van der Waals surface area contributed by atoms with Crippen LogP contribution in [0.2, 0.25) is 0 Å². The van der Waals surface area contributed by atoms with Crippen LogP contribution in [0.5, 0.6) is 0 Å². The van der Waals surface area contributed by atoms with Crippen LogP contribution < -0.4 is 10.9 Å². The van der Waals surface area contributed by atoms with Gasteiger partial charge in [-0.15, -0.1) is 0 Å². The normalized spacial score (nSPS) is 25.5. The number of hydrogen-bond acceptors (Lipinski definition) is 4. The van der Waals surface area contributed by atoms with Crippen LogP contribution in [0.25, 0.3) is 10.9 Å². The molecule has 4 nitrogen and oxygen atoms in total. The number of hydrogen-bond donors (Lipinski definition) is 2. The van der Waals surface area contributed by atoms with Crippen molar-refractivity contribution in [3.63, 3.8) is 0 Å². The van der Waals surface area contributed by atoms with Crippen molar-refractivity contribution in [3.8, 4) is 0 Å². The van der Waals surface area contributed by atoms with E-state index in [1.54, 1.807) is 0 Å². The van der Waals surface area contributed by atoms with Crippen molar-refractivity contribution < 1.29 is 0 Å². The van der Waals surface area contributed by atoms with Gasteiger partial charge >= 0.3 is 0 Å².